The summed E-state index contributed by atoms with van der Waals surface area (Å²) in [6.07, 6.45) is 3.04. The molecule has 3 aromatic rings. The first-order valence-corrected chi connectivity index (χ1v) is 13.6. The Bertz CT molecular complexity index is 1440. The maximum atomic E-state index is 13.7. The topological polar surface area (TPSA) is 132 Å². The van der Waals surface area contributed by atoms with Gasteiger partial charge in [-0.15, -0.1) is 0 Å². The van der Waals surface area contributed by atoms with Gasteiger partial charge in [0.15, 0.2) is 21.5 Å². The summed E-state index contributed by atoms with van der Waals surface area (Å²) in [5, 5.41) is 23.8. The summed E-state index contributed by atoms with van der Waals surface area (Å²) in [4.78, 5) is 19.4. The number of carbonyl (C=O) groups is 1. The third-order valence-electron chi connectivity index (χ3n) is 7.60. The number of amides is 1. The van der Waals surface area contributed by atoms with Crippen LogP contribution < -0.4 is 5.32 Å². The first-order chi connectivity index (χ1) is 17.5. The van der Waals surface area contributed by atoms with E-state index >= 15 is 0 Å². The van der Waals surface area contributed by atoms with E-state index in [1.54, 1.807) is 0 Å². The van der Waals surface area contributed by atoms with Gasteiger partial charge in [-0.1, -0.05) is 11.6 Å². The van der Waals surface area contributed by atoms with Gasteiger partial charge in [0, 0.05) is 29.7 Å². The van der Waals surface area contributed by atoms with Gasteiger partial charge in [-0.2, -0.15) is 0 Å². The van der Waals surface area contributed by atoms with Crippen LogP contribution in [0.25, 0.3) is 0 Å². The summed E-state index contributed by atoms with van der Waals surface area (Å²) in [6.45, 7) is 0. The predicted octanol–water partition coefficient (Wildman–Crippen LogP) is 4.02. The van der Waals surface area contributed by atoms with Crippen molar-refractivity contribution in [3.8, 4) is 0 Å². The molecule has 0 spiro atoms. The molecule has 37 heavy (non-hydrogen) atoms. The highest BCUT2D eigenvalue weighted by atomic mass is 35.5. The molecule has 2 bridgehead atoms. The number of nitrogens with zero attached hydrogens (tertiary/aromatic N) is 1. The monoisotopic (exact) mass is 551 g/mol. The van der Waals surface area contributed by atoms with Gasteiger partial charge in [0.25, 0.3) is 5.91 Å². The highest BCUT2D eigenvalue weighted by Crippen LogP contribution is 2.56. The van der Waals surface area contributed by atoms with E-state index in [9.17, 15) is 32.2 Å². The first-order valence-electron chi connectivity index (χ1n) is 11.7. The van der Waals surface area contributed by atoms with E-state index in [-0.39, 0.29) is 39.8 Å². The SMILES string of the molecule is O=C(Nc1ccc(F)c(F)c1)c1ccc(Cl)c(S(=O)(=O)C2CC3CCC(C2)C3(O)C(O)c2ncc[nH]2)c1. The Morgan fingerprint density at radius 3 is 2.46 bits per heavy atom. The van der Waals surface area contributed by atoms with Crippen molar-refractivity contribution in [2.45, 2.75) is 47.5 Å². The number of anilines is 1. The maximum absolute atomic E-state index is 13.7. The summed E-state index contributed by atoms with van der Waals surface area (Å²) in [5.41, 5.74) is -1.54. The van der Waals surface area contributed by atoms with Crippen molar-refractivity contribution < 1.29 is 32.2 Å². The summed E-state index contributed by atoms with van der Waals surface area (Å²) in [7, 11) is -4.03. The number of aromatic nitrogens is 2. The molecule has 1 aromatic heterocycles. The standard InChI is InChI=1S/C25H24ClF2N3O5S/c26-18-5-1-13(24(33)31-16-4-6-19(27)20(28)12-16)9-21(18)37(35,36)17-10-14-2-3-15(11-17)25(14,34)22(32)23-29-7-8-30-23/h1,4-9,12,14-15,17,22,32,34H,2-3,10-11H2,(H,29,30)(H,31,33). The van der Waals surface area contributed by atoms with E-state index in [0.717, 1.165) is 18.2 Å². The summed E-state index contributed by atoms with van der Waals surface area (Å²) < 4.78 is 54.0. The van der Waals surface area contributed by atoms with E-state index in [1.807, 2.05) is 0 Å². The van der Waals surface area contributed by atoms with Crippen LogP contribution in [-0.2, 0) is 9.84 Å². The molecule has 5 rings (SSSR count). The summed E-state index contributed by atoms with van der Waals surface area (Å²) in [6, 6.07) is 6.65. The first kappa shape index (κ1) is 25.8. The van der Waals surface area contributed by atoms with Gasteiger partial charge in [-0.05, 0) is 67.9 Å². The number of nitrogens with one attached hydrogen (secondary N) is 2. The molecule has 1 heterocycles. The Hall–Kier alpha value is -2.86. The van der Waals surface area contributed by atoms with Gasteiger partial charge >= 0.3 is 0 Å². The number of benzene rings is 2. The highest BCUT2D eigenvalue weighted by molar-refractivity contribution is 7.92. The molecule has 2 aliphatic rings. The number of hydrogen-bond acceptors (Lipinski definition) is 6. The molecule has 2 saturated carbocycles. The lowest BCUT2D eigenvalue weighted by atomic mass is 9.71. The number of H-pyrrole nitrogens is 1. The zero-order chi connectivity index (χ0) is 26.5. The Kier molecular flexibility index (Phi) is 6.59. The number of aliphatic hydroxyl groups excluding tert-OH is 1. The predicted molar refractivity (Wildman–Crippen MR) is 131 cm³/mol. The van der Waals surface area contributed by atoms with Crippen LogP contribution in [0.1, 0.15) is 48.0 Å². The van der Waals surface area contributed by atoms with Crippen molar-refractivity contribution >= 4 is 33.0 Å². The molecule has 4 N–H and O–H groups in total. The van der Waals surface area contributed by atoms with Crippen molar-refractivity contribution in [2.24, 2.45) is 11.8 Å². The van der Waals surface area contributed by atoms with Gasteiger partial charge in [0.1, 0.15) is 17.5 Å². The summed E-state index contributed by atoms with van der Waals surface area (Å²) >= 11 is 6.26. The second-order valence-electron chi connectivity index (χ2n) is 9.60. The van der Waals surface area contributed by atoms with Crippen molar-refractivity contribution in [2.75, 3.05) is 5.32 Å². The lowest BCUT2D eigenvalue weighted by Crippen LogP contribution is -2.52. The molecule has 1 amide bonds. The molecule has 0 saturated heterocycles. The quantitative estimate of drug-likeness (QED) is 0.366. The number of rotatable bonds is 6. The minimum Gasteiger partial charge on any atom is -0.386 e. The molecular weight excluding hydrogens is 528 g/mol. The molecule has 8 nitrogen and oxygen atoms in total. The zero-order valence-corrected chi connectivity index (χ0v) is 20.9. The normalized spacial score (nSPS) is 26.1. The lowest BCUT2D eigenvalue weighted by molar-refractivity contribution is -0.147. The second kappa shape index (κ2) is 9.46. The van der Waals surface area contributed by atoms with E-state index in [0.29, 0.717) is 12.8 Å². The Balaban J connectivity index is 1.39. The molecule has 0 radical (unpaired) electrons. The van der Waals surface area contributed by atoms with Crippen LogP contribution in [0.3, 0.4) is 0 Å². The third kappa shape index (κ3) is 4.43. The fourth-order valence-electron chi connectivity index (χ4n) is 5.71. The van der Waals surface area contributed by atoms with Gasteiger partial charge in [-0.3, -0.25) is 4.79 Å². The van der Waals surface area contributed by atoms with Gasteiger partial charge in [0.2, 0.25) is 0 Å². The number of halogens is 3. The summed E-state index contributed by atoms with van der Waals surface area (Å²) in [5.74, 6) is -3.67. The number of fused-ring (bicyclic) bond motifs is 2. The minimum absolute atomic E-state index is 0.00140. The van der Waals surface area contributed by atoms with Crippen molar-refractivity contribution in [3.05, 3.63) is 76.8 Å². The van der Waals surface area contributed by atoms with Crippen molar-refractivity contribution in [1.82, 2.24) is 9.97 Å². The van der Waals surface area contributed by atoms with Crippen molar-refractivity contribution in [1.29, 1.82) is 0 Å². The molecule has 12 heteroatoms. The number of aromatic amines is 1. The van der Waals surface area contributed by atoms with E-state index in [2.05, 4.69) is 15.3 Å². The molecule has 2 fully saturated rings. The average Bonchev–Trinajstić information content (AvgIpc) is 3.43. The Morgan fingerprint density at radius 1 is 1.14 bits per heavy atom. The number of sulfone groups is 1. The van der Waals surface area contributed by atoms with Crippen LogP contribution in [0.5, 0.6) is 0 Å². The molecule has 3 atom stereocenters. The fraction of sp³-hybridized carbons (Fsp3) is 0.360. The molecular formula is C25H24ClF2N3O5S. The van der Waals surface area contributed by atoms with Gasteiger partial charge in [0.05, 0.1) is 15.2 Å². The van der Waals surface area contributed by atoms with Crippen LogP contribution in [-0.4, -0.2) is 45.4 Å². The van der Waals surface area contributed by atoms with Crippen LogP contribution >= 0.6 is 11.6 Å². The molecule has 3 unspecified atom stereocenters. The highest BCUT2D eigenvalue weighted by Gasteiger charge is 2.59. The fourth-order valence-corrected chi connectivity index (χ4v) is 8.11. The van der Waals surface area contributed by atoms with Crippen LogP contribution in [0.4, 0.5) is 14.5 Å². The number of carbonyl (C=O) groups excluding carboxylic acids is 1. The smallest absolute Gasteiger partial charge is 0.255 e. The van der Waals surface area contributed by atoms with Crippen molar-refractivity contribution in [3.63, 3.8) is 0 Å². The van der Waals surface area contributed by atoms with E-state index in [1.165, 1.54) is 30.6 Å². The number of imidazole rings is 1. The maximum Gasteiger partial charge on any atom is 0.255 e. The number of aliphatic hydroxyl groups is 2. The molecule has 196 valence electrons. The molecule has 0 aliphatic heterocycles. The van der Waals surface area contributed by atoms with Crippen LogP contribution in [0.15, 0.2) is 53.7 Å². The van der Waals surface area contributed by atoms with Crippen LogP contribution in [0.2, 0.25) is 5.02 Å². The molecule has 2 aliphatic carbocycles. The minimum atomic E-state index is -4.03. The Morgan fingerprint density at radius 2 is 1.84 bits per heavy atom. The van der Waals surface area contributed by atoms with Crippen LogP contribution in [0, 0.1) is 23.5 Å². The zero-order valence-electron chi connectivity index (χ0n) is 19.4. The largest absolute Gasteiger partial charge is 0.386 e. The average molecular weight is 552 g/mol. The van der Waals surface area contributed by atoms with E-state index < -0.39 is 56.2 Å². The van der Waals surface area contributed by atoms with E-state index in [4.69, 9.17) is 11.6 Å². The number of hydrogen-bond donors (Lipinski definition) is 4. The molecule has 2 aromatic carbocycles. The second-order valence-corrected chi connectivity index (χ2v) is 12.2. The lowest BCUT2D eigenvalue weighted by Gasteiger charge is -2.44. The van der Waals surface area contributed by atoms with Gasteiger partial charge < -0.3 is 20.5 Å². The Labute approximate surface area is 216 Å². The van der Waals surface area contributed by atoms with Gasteiger partial charge in [-0.25, -0.2) is 22.2 Å². The third-order valence-corrected chi connectivity index (χ3v) is 10.3.